The maximum atomic E-state index is 6.41. The second-order valence-corrected chi connectivity index (χ2v) is 11.0. The van der Waals surface area contributed by atoms with E-state index >= 15 is 0 Å². The summed E-state index contributed by atoms with van der Waals surface area (Å²) in [4.78, 5) is 2.36. The first-order valence-electron chi connectivity index (χ1n) is 14.9. The van der Waals surface area contributed by atoms with Gasteiger partial charge in [-0.05, 0) is 70.1 Å². The largest absolute Gasteiger partial charge is 0.456 e. The van der Waals surface area contributed by atoms with E-state index in [0.717, 1.165) is 39.4 Å². The molecule has 0 atom stereocenters. The van der Waals surface area contributed by atoms with Crippen molar-refractivity contribution >= 4 is 38.8 Å². The Bertz CT molecular complexity index is 2190. The summed E-state index contributed by atoms with van der Waals surface area (Å²) in [5.74, 6) is 0.848. The van der Waals surface area contributed by atoms with E-state index in [1.165, 1.54) is 33.0 Å². The van der Waals surface area contributed by atoms with Crippen LogP contribution in [0.4, 0.5) is 17.1 Å². The van der Waals surface area contributed by atoms with Crippen molar-refractivity contribution in [1.29, 1.82) is 0 Å². The molecule has 0 unspecified atom stereocenters. The first kappa shape index (κ1) is 25.8. The van der Waals surface area contributed by atoms with Crippen LogP contribution in [-0.4, -0.2) is 0 Å². The summed E-state index contributed by atoms with van der Waals surface area (Å²) in [6.07, 6.45) is 0. The van der Waals surface area contributed by atoms with Crippen molar-refractivity contribution < 1.29 is 4.42 Å². The third-order valence-electron chi connectivity index (χ3n) is 8.29. The Morgan fingerprint density at radius 3 is 1.73 bits per heavy atom. The summed E-state index contributed by atoms with van der Waals surface area (Å²) in [5.41, 5.74) is 9.99. The highest BCUT2D eigenvalue weighted by atomic mass is 16.3. The van der Waals surface area contributed by atoms with E-state index in [0.29, 0.717) is 0 Å². The molecule has 0 aliphatic heterocycles. The Hall–Kier alpha value is -5.86. The van der Waals surface area contributed by atoms with Crippen LogP contribution in [0.1, 0.15) is 0 Å². The minimum atomic E-state index is 0.848. The molecule has 0 amide bonds. The van der Waals surface area contributed by atoms with Crippen LogP contribution >= 0.6 is 0 Å². The van der Waals surface area contributed by atoms with Gasteiger partial charge in [-0.25, -0.2) is 0 Å². The number of para-hydroxylation sites is 2. The molecule has 8 aromatic rings. The molecule has 7 aromatic carbocycles. The Morgan fingerprint density at radius 2 is 0.955 bits per heavy atom. The third-order valence-corrected chi connectivity index (χ3v) is 8.29. The number of benzene rings is 7. The number of anilines is 3. The summed E-state index contributed by atoms with van der Waals surface area (Å²) in [7, 11) is 0. The molecule has 0 aliphatic rings. The topological polar surface area (TPSA) is 16.4 Å². The van der Waals surface area contributed by atoms with Crippen molar-refractivity contribution in [3.8, 4) is 33.6 Å². The van der Waals surface area contributed by atoms with Crippen LogP contribution in [0.15, 0.2) is 180 Å². The summed E-state index contributed by atoms with van der Waals surface area (Å²) in [5, 5.41) is 3.48. The minimum absolute atomic E-state index is 0.848. The lowest BCUT2D eigenvalue weighted by Gasteiger charge is -2.28. The van der Waals surface area contributed by atoms with Gasteiger partial charge in [0.25, 0.3) is 0 Å². The fourth-order valence-corrected chi connectivity index (χ4v) is 6.20. The van der Waals surface area contributed by atoms with Crippen molar-refractivity contribution in [3.05, 3.63) is 176 Å². The van der Waals surface area contributed by atoms with Crippen molar-refractivity contribution in [1.82, 2.24) is 0 Å². The van der Waals surface area contributed by atoms with Gasteiger partial charge in [-0.15, -0.1) is 0 Å². The van der Waals surface area contributed by atoms with Gasteiger partial charge in [0.1, 0.15) is 11.3 Å². The molecule has 0 radical (unpaired) electrons. The highest BCUT2D eigenvalue weighted by molar-refractivity contribution is 6.01. The average Bonchev–Trinajstić information content (AvgIpc) is 3.54. The zero-order chi connectivity index (χ0) is 29.3. The molecule has 0 spiro atoms. The Kier molecular flexibility index (Phi) is 6.51. The van der Waals surface area contributed by atoms with Crippen LogP contribution in [0, 0.1) is 0 Å². The Morgan fingerprint density at radius 1 is 0.386 bits per heavy atom. The number of nitrogens with zero attached hydrogens (tertiary/aromatic N) is 1. The predicted octanol–water partition coefficient (Wildman–Crippen LogP) is 12.1. The molecular formula is C42H29NO. The maximum absolute atomic E-state index is 6.41. The van der Waals surface area contributed by atoms with Gasteiger partial charge in [0.05, 0.1) is 11.4 Å². The molecule has 0 bridgehead atoms. The van der Waals surface area contributed by atoms with Crippen LogP contribution in [-0.2, 0) is 0 Å². The average molecular weight is 564 g/mol. The second kappa shape index (κ2) is 11.1. The number of hydrogen-bond donors (Lipinski definition) is 0. The molecule has 0 saturated heterocycles. The van der Waals surface area contributed by atoms with Gasteiger partial charge in [0.15, 0.2) is 0 Å². The highest BCUT2D eigenvalue weighted by Crippen LogP contribution is 2.45. The lowest BCUT2D eigenvalue weighted by molar-refractivity contribution is 0.631. The quantitative estimate of drug-likeness (QED) is 0.200. The number of furan rings is 1. The van der Waals surface area contributed by atoms with E-state index in [-0.39, 0.29) is 0 Å². The zero-order valence-electron chi connectivity index (χ0n) is 24.1. The van der Waals surface area contributed by atoms with E-state index in [9.17, 15) is 0 Å². The third kappa shape index (κ3) is 4.63. The minimum Gasteiger partial charge on any atom is -0.456 e. The summed E-state index contributed by atoms with van der Waals surface area (Å²) >= 11 is 0. The molecule has 0 aliphatic carbocycles. The van der Waals surface area contributed by atoms with E-state index in [1.54, 1.807) is 0 Å². The summed E-state index contributed by atoms with van der Waals surface area (Å²) in [6, 6.07) is 62.1. The van der Waals surface area contributed by atoms with Crippen LogP contribution < -0.4 is 4.90 Å². The Balaban J connectivity index is 1.30. The van der Waals surface area contributed by atoms with Crippen molar-refractivity contribution in [2.45, 2.75) is 0 Å². The van der Waals surface area contributed by atoms with Gasteiger partial charge in [-0.1, -0.05) is 133 Å². The van der Waals surface area contributed by atoms with E-state index < -0.39 is 0 Å². The molecule has 1 aromatic heterocycles. The second-order valence-electron chi connectivity index (χ2n) is 11.0. The highest BCUT2D eigenvalue weighted by Gasteiger charge is 2.21. The Labute approximate surface area is 257 Å². The number of fused-ring (bicyclic) bond motifs is 2. The molecule has 8 rings (SSSR count). The van der Waals surface area contributed by atoms with Crippen LogP contribution in [0.2, 0.25) is 0 Å². The number of rotatable bonds is 6. The molecule has 0 saturated carbocycles. The summed E-state index contributed by atoms with van der Waals surface area (Å²) < 4.78 is 6.41. The molecule has 44 heavy (non-hydrogen) atoms. The van der Waals surface area contributed by atoms with Gasteiger partial charge < -0.3 is 9.32 Å². The normalized spacial score (nSPS) is 11.2. The monoisotopic (exact) mass is 563 g/mol. The first-order chi connectivity index (χ1) is 21.8. The zero-order valence-corrected chi connectivity index (χ0v) is 24.1. The SMILES string of the molecule is c1ccc(-c2ccccc2-c2ccc(N(c3ccccc3-c3cc4ccccc4o3)c3cccc4ccccc34)cc2)cc1. The molecule has 0 fully saturated rings. The van der Waals surface area contributed by atoms with Gasteiger partial charge in [0.2, 0.25) is 0 Å². The van der Waals surface area contributed by atoms with Gasteiger partial charge in [0, 0.05) is 22.0 Å². The molecule has 2 heteroatoms. The van der Waals surface area contributed by atoms with Gasteiger partial charge in [-0.3, -0.25) is 0 Å². The van der Waals surface area contributed by atoms with Gasteiger partial charge in [-0.2, -0.15) is 0 Å². The molecular weight excluding hydrogens is 534 g/mol. The van der Waals surface area contributed by atoms with Crippen molar-refractivity contribution in [3.63, 3.8) is 0 Å². The first-order valence-corrected chi connectivity index (χ1v) is 14.9. The number of hydrogen-bond acceptors (Lipinski definition) is 2. The lowest BCUT2D eigenvalue weighted by atomic mass is 9.94. The van der Waals surface area contributed by atoms with Gasteiger partial charge >= 0.3 is 0 Å². The lowest BCUT2D eigenvalue weighted by Crippen LogP contribution is -2.11. The van der Waals surface area contributed by atoms with Crippen LogP contribution in [0.25, 0.3) is 55.3 Å². The molecule has 2 nitrogen and oxygen atoms in total. The fourth-order valence-electron chi connectivity index (χ4n) is 6.20. The standard InChI is InChI=1S/C42H29NO/c1-2-13-30(14-3-1)35-18-7-8-19-36(35)32-25-27-34(28-26-32)43(39-23-12-17-31-15-4-6-20-37(31)39)40-22-10-9-21-38(40)42-29-33-16-5-11-24-41(33)44-42/h1-29H. The predicted molar refractivity (Wildman–Crippen MR) is 185 cm³/mol. The molecule has 0 N–H and O–H groups in total. The smallest absolute Gasteiger partial charge is 0.137 e. The fraction of sp³-hybridized carbons (Fsp3) is 0. The van der Waals surface area contributed by atoms with Crippen molar-refractivity contribution in [2.24, 2.45) is 0 Å². The van der Waals surface area contributed by atoms with E-state index in [2.05, 4.69) is 163 Å². The van der Waals surface area contributed by atoms with Crippen LogP contribution in [0.5, 0.6) is 0 Å². The molecule has 208 valence electrons. The molecule has 1 heterocycles. The maximum Gasteiger partial charge on any atom is 0.137 e. The van der Waals surface area contributed by atoms with Crippen molar-refractivity contribution in [2.75, 3.05) is 4.90 Å². The van der Waals surface area contributed by atoms with Crippen LogP contribution in [0.3, 0.4) is 0 Å². The summed E-state index contributed by atoms with van der Waals surface area (Å²) in [6.45, 7) is 0. The van der Waals surface area contributed by atoms with E-state index in [4.69, 9.17) is 4.42 Å². The van der Waals surface area contributed by atoms with E-state index in [1.807, 2.05) is 18.2 Å².